The van der Waals surface area contributed by atoms with Gasteiger partial charge in [0.25, 0.3) is 0 Å². The van der Waals surface area contributed by atoms with E-state index in [1.807, 2.05) is 0 Å². The SMILES string of the molecule is CCCCCCCCCCCCCCCCCCCCCCC(O)C(CO)NC(=O)CCCCCCCCCCCCCCC/C=C\C/C=C\CCCCCCCCCCCOC(=O)CCCCCCCCCCCCCCCCCCCC. The first-order chi connectivity index (χ1) is 41.5. The molecule has 6 heteroatoms. The number of rotatable bonds is 73. The summed E-state index contributed by atoms with van der Waals surface area (Å²) in [6, 6.07) is -0.543. The van der Waals surface area contributed by atoms with Crippen molar-refractivity contribution in [2.75, 3.05) is 13.2 Å². The number of hydrogen-bond acceptors (Lipinski definition) is 5. The van der Waals surface area contributed by atoms with E-state index >= 15 is 0 Å². The van der Waals surface area contributed by atoms with Crippen LogP contribution in [0.4, 0.5) is 0 Å². The Morgan fingerprint density at radius 2 is 0.595 bits per heavy atom. The fraction of sp³-hybridized carbons (Fsp3) is 0.923. The fourth-order valence-corrected chi connectivity index (χ4v) is 12.4. The van der Waals surface area contributed by atoms with E-state index in [1.165, 1.54) is 360 Å². The van der Waals surface area contributed by atoms with Crippen molar-refractivity contribution < 1.29 is 24.5 Å². The first-order valence-electron chi connectivity index (χ1n) is 38.6. The van der Waals surface area contributed by atoms with Crippen LogP contribution >= 0.6 is 0 Å². The Balaban J connectivity index is 3.38. The van der Waals surface area contributed by atoms with Crippen molar-refractivity contribution in [2.24, 2.45) is 0 Å². The van der Waals surface area contributed by atoms with Crippen LogP contribution in [0, 0.1) is 0 Å². The van der Waals surface area contributed by atoms with Crippen molar-refractivity contribution >= 4 is 11.9 Å². The van der Waals surface area contributed by atoms with Gasteiger partial charge in [-0.05, 0) is 57.8 Å². The molecule has 0 aliphatic carbocycles. The zero-order valence-electron chi connectivity index (χ0n) is 57.2. The highest BCUT2D eigenvalue weighted by Crippen LogP contribution is 2.20. The van der Waals surface area contributed by atoms with Crippen molar-refractivity contribution in [1.29, 1.82) is 0 Å². The number of amides is 1. The summed E-state index contributed by atoms with van der Waals surface area (Å²) >= 11 is 0. The van der Waals surface area contributed by atoms with E-state index in [0.717, 1.165) is 44.9 Å². The molecule has 0 saturated heterocycles. The van der Waals surface area contributed by atoms with Crippen molar-refractivity contribution in [3.63, 3.8) is 0 Å². The standard InChI is InChI=1S/C78H151NO5/c1-3-5-7-9-11-13-15-17-19-21-23-35-38-42-46-50-54-58-62-66-70-76(81)75(74-80)79-77(82)71-67-63-59-55-51-47-43-39-36-33-31-29-27-25-24-26-28-30-32-34-37-41-45-49-53-57-61-65-69-73-84-78(83)72-68-64-60-56-52-48-44-40-22-20-18-16-14-12-10-8-6-4-2/h24,26,30,32,75-76,80-81H,3-23,25,27-29,31,33-74H2,1-2H3,(H,79,82)/b26-24-,32-30-. The van der Waals surface area contributed by atoms with Crippen LogP contribution in [0.1, 0.15) is 438 Å². The van der Waals surface area contributed by atoms with Crippen LogP contribution in [-0.4, -0.2) is 47.4 Å². The molecule has 0 aliphatic rings. The first-order valence-corrected chi connectivity index (χ1v) is 38.6. The second-order valence-electron chi connectivity index (χ2n) is 26.7. The Labute approximate surface area is 526 Å². The average molecular weight is 1180 g/mol. The van der Waals surface area contributed by atoms with Gasteiger partial charge in [0.05, 0.1) is 25.4 Å². The predicted octanol–water partition coefficient (Wildman–Crippen LogP) is 25.3. The predicted molar refractivity (Wildman–Crippen MR) is 370 cm³/mol. The maximum atomic E-state index is 12.6. The lowest BCUT2D eigenvalue weighted by molar-refractivity contribution is -0.143. The maximum absolute atomic E-state index is 12.6. The molecule has 0 aromatic rings. The summed E-state index contributed by atoms with van der Waals surface area (Å²) in [5.74, 6) is -0.0138. The van der Waals surface area contributed by atoms with Crippen molar-refractivity contribution in [2.45, 2.75) is 450 Å². The van der Waals surface area contributed by atoms with E-state index < -0.39 is 12.1 Å². The van der Waals surface area contributed by atoms with E-state index in [9.17, 15) is 19.8 Å². The van der Waals surface area contributed by atoms with Gasteiger partial charge in [-0.3, -0.25) is 9.59 Å². The highest BCUT2D eigenvalue weighted by atomic mass is 16.5. The van der Waals surface area contributed by atoms with Gasteiger partial charge in [0.1, 0.15) is 0 Å². The largest absolute Gasteiger partial charge is 0.466 e. The summed E-state index contributed by atoms with van der Waals surface area (Å²) < 4.78 is 5.51. The molecule has 0 spiro atoms. The van der Waals surface area contributed by atoms with Crippen LogP contribution < -0.4 is 5.32 Å². The number of aliphatic hydroxyl groups is 2. The van der Waals surface area contributed by atoms with Gasteiger partial charge < -0.3 is 20.3 Å². The van der Waals surface area contributed by atoms with Crippen LogP contribution in [0.2, 0.25) is 0 Å². The lowest BCUT2D eigenvalue weighted by Crippen LogP contribution is -2.45. The van der Waals surface area contributed by atoms with E-state index in [0.29, 0.717) is 25.9 Å². The molecular formula is C78H151NO5. The zero-order valence-corrected chi connectivity index (χ0v) is 57.2. The third-order valence-electron chi connectivity index (χ3n) is 18.3. The Bertz CT molecular complexity index is 1320. The number of aliphatic hydroxyl groups excluding tert-OH is 2. The van der Waals surface area contributed by atoms with E-state index in [-0.39, 0.29) is 18.5 Å². The van der Waals surface area contributed by atoms with Gasteiger partial charge in [-0.2, -0.15) is 0 Å². The van der Waals surface area contributed by atoms with Gasteiger partial charge in [0, 0.05) is 12.8 Å². The molecule has 3 N–H and O–H groups in total. The molecule has 84 heavy (non-hydrogen) atoms. The lowest BCUT2D eigenvalue weighted by Gasteiger charge is -2.22. The molecule has 6 nitrogen and oxygen atoms in total. The molecule has 0 aromatic heterocycles. The molecule has 0 radical (unpaired) electrons. The molecule has 0 rings (SSSR count). The van der Waals surface area contributed by atoms with Crippen molar-refractivity contribution in [1.82, 2.24) is 5.32 Å². The first kappa shape index (κ1) is 82.3. The minimum absolute atomic E-state index is 0.0175. The Kier molecular flexibility index (Phi) is 72.3. The summed E-state index contributed by atoms with van der Waals surface area (Å²) in [6.07, 6.45) is 93.9. The van der Waals surface area contributed by atoms with E-state index in [2.05, 4.69) is 43.5 Å². The van der Waals surface area contributed by atoms with E-state index in [4.69, 9.17) is 4.74 Å². The van der Waals surface area contributed by atoms with Crippen molar-refractivity contribution in [3.05, 3.63) is 24.3 Å². The zero-order chi connectivity index (χ0) is 60.6. The third-order valence-corrected chi connectivity index (χ3v) is 18.3. The number of carbonyl (C=O) groups is 2. The molecule has 1 amide bonds. The van der Waals surface area contributed by atoms with Gasteiger partial charge in [0.15, 0.2) is 0 Å². The second kappa shape index (κ2) is 73.8. The molecule has 0 bridgehead atoms. The van der Waals surface area contributed by atoms with Gasteiger partial charge >= 0.3 is 5.97 Å². The minimum atomic E-state index is -0.666. The van der Waals surface area contributed by atoms with Crippen LogP contribution in [0.25, 0.3) is 0 Å². The molecule has 0 saturated carbocycles. The van der Waals surface area contributed by atoms with Gasteiger partial charge in [-0.15, -0.1) is 0 Å². The van der Waals surface area contributed by atoms with Gasteiger partial charge in [-0.1, -0.05) is 391 Å². The van der Waals surface area contributed by atoms with Crippen LogP contribution in [0.3, 0.4) is 0 Å². The third kappa shape index (κ3) is 69.4. The number of allylic oxidation sites excluding steroid dienone is 4. The Morgan fingerprint density at radius 3 is 0.905 bits per heavy atom. The van der Waals surface area contributed by atoms with Crippen LogP contribution in [-0.2, 0) is 14.3 Å². The molecule has 2 atom stereocenters. The number of hydrogen-bond donors (Lipinski definition) is 3. The summed E-state index contributed by atoms with van der Waals surface area (Å²) in [7, 11) is 0. The molecule has 498 valence electrons. The monoisotopic (exact) mass is 1180 g/mol. The Hall–Kier alpha value is -1.66. The topological polar surface area (TPSA) is 95.9 Å². The number of unbranched alkanes of at least 4 members (excludes halogenated alkanes) is 58. The highest BCUT2D eigenvalue weighted by molar-refractivity contribution is 5.76. The summed E-state index contributed by atoms with van der Waals surface area (Å²) in [4.78, 5) is 24.7. The number of carbonyl (C=O) groups excluding carboxylic acids is 2. The van der Waals surface area contributed by atoms with E-state index in [1.54, 1.807) is 0 Å². The molecule has 0 aromatic carbocycles. The smallest absolute Gasteiger partial charge is 0.305 e. The summed E-state index contributed by atoms with van der Waals surface area (Å²) in [6.45, 7) is 5.00. The maximum Gasteiger partial charge on any atom is 0.305 e. The number of nitrogens with one attached hydrogen (secondary N) is 1. The normalized spacial score (nSPS) is 12.6. The molecule has 0 aliphatic heterocycles. The van der Waals surface area contributed by atoms with Gasteiger partial charge in [-0.25, -0.2) is 0 Å². The average Bonchev–Trinajstić information content (AvgIpc) is 3.51. The van der Waals surface area contributed by atoms with Crippen LogP contribution in [0.15, 0.2) is 24.3 Å². The molecular weight excluding hydrogens is 1030 g/mol. The summed E-state index contributed by atoms with van der Waals surface area (Å²) in [5.41, 5.74) is 0. The molecule has 2 unspecified atom stereocenters. The fourth-order valence-electron chi connectivity index (χ4n) is 12.4. The molecule has 0 heterocycles. The minimum Gasteiger partial charge on any atom is -0.466 e. The van der Waals surface area contributed by atoms with Crippen LogP contribution in [0.5, 0.6) is 0 Å². The molecule has 0 fully saturated rings. The Morgan fingerprint density at radius 1 is 0.333 bits per heavy atom. The summed E-state index contributed by atoms with van der Waals surface area (Å²) in [5, 5.41) is 23.4. The van der Waals surface area contributed by atoms with Crippen molar-refractivity contribution in [3.8, 4) is 0 Å². The lowest BCUT2D eigenvalue weighted by atomic mass is 10.0. The quantitative estimate of drug-likeness (QED) is 0.0320. The number of ether oxygens (including phenoxy) is 1. The highest BCUT2D eigenvalue weighted by Gasteiger charge is 2.20. The van der Waals surface area contributed by atoms with Gasteiger partial charge in [0.2, 0.25) is 5.91 Å². The number of esters is 1. The second-order valence-corrected chi connectivity index (χ2v) is 26.7.